The van der Waals surface area contributed by atoms with E-state index >= 15 is 0 Å². The first-order valence-electron chi connectivity index (χ1n) is 13.1. The molecule has 1 atom stereocenters. The first-order valence-corrected chi connectivity index (χ1v) is 13.5. The molecule has 2 aliphatic heterocycles. The monoisotopic (exact) mass is 514 g/mol. The first-order chi connectivity index (χ1) is 17.9. The van der Waals surface area contributed by atoms with Crippen molar-refractivity contribution in [3.63, 3.8) is 0 Å². The molecule has 5 rings (SSSR count). The van der Waals surface area contributed by atoms with Crippen molar-refractivity contribution >= 4 is 22.7 Å². The molecule has 192 valence electrons. The van der Waals surface area contributed by atoms with Crippen LogP contribution in [0.3, 0.4) is 0 Å². The molecule has 2 aliphatic rings. The molecule has 5 heteroatoms. The number of rotatable bonds is 6. The van der Waals surface area contributed by atoms with Crippen molar-refractivity contribution in [1.29, 1.82) is 0 Å². The highest BCUT2D eigenvalue weighted by Gasteiger charge is 2.40. The number of aliphatic hydroxyl groups excluding tert-OH is 1. The fourth-order valence-electron chi connectivity index (χ4n) is 5.74. The fraction of sp³-hybridized carbons (Fsp3) is 0.344. The van der Waals surface area contributed by atoms with Crippen molar-refractivity contribution in [2.75, 3.05) is 19.6 Å². The molecule has 1 unspecified atom stereocenters. The number of halogens is 1. The molecule has 0 saturated carbocycles. The Labute approximate surface area is 225 Å². The SMILES string of the molecule is C=C(C)c1ccc2c(c1)/C(=C/CCN1CCC(c3ccc(Cl)cc3)(C(C)O)CC1)c1cccnc1CO2. The van der Waals surface area contributed by atoms with Crippen LogP contribution in [0.5, 0.6) is 5.75 Å². The number of aromatic nitrogens is 1. The largest absolute Gasteiger partial charge is 0.487 e. The lowest BCUT2D eigenvalue weighted by molar-refractivity contribution is 0.0423. The van der Waals surface area contributed by atoms with Crippen LogP contribution in [0.25, 0.3) is 11.1 Å². The summed E-state index contributed by atoms with van der Waals surface area (Å²) < 4.78 is 6.16. The maximum absolute atomic E-state index is 10.8. The van der Waals surface area contributed by atoms with Gasteiger partial charge in [-0.2, -0.15) is 0 Å². The molecule has 37 heavy (non-hydrogen) atoms. The van der Waals surface area contributed by atoms with E-state index in [4.69, 9.17) is 16.3 Å². The number of benzene rings is 2. The molecule has 3 heterocycles. The van der Waals surface area contributed by atoms with E-state index in [-0.39, 0.29) is 5.41 Å². The number of allylic oxidation sites excluding steroid dienone is 1. The van der Waals surface area contributed by atoms with Gasteiger partial charge < -0.3 is 14.7 Å². The van der Waals surface area contributed by atoms with Crippen LogP contribution < -0.4 is 4.74 Å². The van der Waals surface area contributed by atoms with Crippen LogP contribution >= 0.6 is 11.6 Å². The Bertz CT molecular complexity index is 1300. The summed E-state index contributed by atoms with van der Waals surface area (Å²) in [5.74, 6) is 0.886. The van der Waals surface area contributed by atoms with Crippen molar-refractivity contribution in [2.45, 2.75) is 51.2 Å². The highest BCUT2D eigenvalue weighted by molar-refractivity contribution is 6.30. The smallest absolute Gasteiger partial charge is 0.131 e. The Morgan fingerprint density at radius 2 is 1.92 bits per heavy atom. The van der Waals surface area contributed by atoms with Gasteiger partial charge in [0.2, 0.25) is 0 Å². The maximum atomic E-state index is 10.8. The maximum Gasteiger partial charge on any atom is 0.131 e. The number of piperidine rings is 1. The summed E-state index contributed by atoms with van der Waals surface area (Å²) >= 11 is 6.13. The minimum Gasteiger partial charge on any atom is -0.487 e. The van der Waals surface area contributed by atoms with Gasteiger partial charge in [0.1, 0.15) is 12.4 Å². The minimum atomic E-state index is -0.410. The van der Waals surface area contributed by atoms with Crippen molar-refractivity contribution in [2.24, 2.45) is 0 Å². The molecule has 0 amide bonds. The first kappa shape index (κ1) is 25.7. The van der Waals surface area contributed by atoms with Crippen molar-refractivity contribution in [3.8, 4) is 5.75 Å². The van der Waals surface area contributed by atoms with E-state index in [0.717, 1.165) is 77.6 Å². The van der Waals surface area contributed by atoms with E-state index in [1.54, 1.807) is 0 Å². The zero-order valence-corrected chi connectivity index (χ0v) is 22.5. The summed E-state index contributed by atoms with van der Waals surface area (Å²) in [6.07, 6.45) is 6.53. The number of hydrogen-bond acceptors (Lipinski definition) is 4. The third-order valence-electron chi connectivity index (χ3n) is 8.07. The Morgan fingerprint density at radius 3 is 2.62 bits per heavy atom. The van der Waals surface area contributed by atoms with Crippen LogP contribution in [0.1, 0.15) is 61.1 Å². The summed E-state index contributed by atoms with van der Waals surface area (Å²) in [6.45, 7) is 11.4. The summed E-state index contributed by atoms with van der Waals surface area (Å²) in [5.41, 5.74) is 7.49. The molecular formula is C32H35ClN2O2. The third kappa shape index (κ3) is 5.24. The second-order valence-electron chi connectivity index (χ2n) is 10.4. The van der Waals surface area contributed by atoms with Crippen molar-refractivity contribution < 1.29 is 9.84 Å². The molecule has 1 saturated heterocycles. The van der Waals surface area contributed by atoms with Gasteiger partial charge >= 0.3 is 0 Å². The van der Waals surface area contributed by atoms with Crippen LogP contribution in [0.15, 0.2) is 73.4 Å². The summed E-state index contributed by atoms with van der Waals surface area (Å²) in [6, 6.07) is 18.5. The van der Waals surface area contributed by atoms with E-state index in [2.05, 4.69) is 58.9 Å². The van der Waals surface area contributed by atoms with E-state index in [1.165, 1.54) is 11.1 Å². The van der Waals surface area contributed by atoms with Gasteiger partial charge in [-0.3, -0.25) is 4.98 Å². The van der Waals surface area contributed by atoms with E-state index in [0.29, 0.717) is 6.61 Å². The van der Waals surface area contributed by atoms with Gasteiger partial charge in [-0.1, -0.05) is 54.1 Å². The molecule has 1 fully saturated rings. The second-order valence-corrected chi connectivity index (χ2v) is 10.8. The number of aliphatic hydroxyl groups is 1. The van der Waals surface area contributed by atoms with Gasteiger partial charge in [0, 0.05) is 34.3 Å². The third-order valence-corrected chi connectivity index (χ3v) is 8.32. The standard InChI is InChI=1S/C32H35ClN2O2/c1-22(2)24-8-13-31-29(20-24)27(28-6-4-16-34-30(28)21-37-31)7-5-17-35-18-14-32(15-19-35,23(3)36)25-9-11-26(33)12-10-25/h4,6-13,16,20,23,36H,1,5,14-15,17-19,21H2,2-3H3/b27-7+. The molecule has 3 aromatic rings. The van der Waals surface area contributed by atoms with Crippen molar-refractivity contribution in [3.05, 3.63) is 106 Å². The lowest BCUT2D eigenvalue weighted by atomic mass is 9.69. The molecule has 4 nitrogen and oxygen atoms in total. The molecule has 0 radical (unpaired) electrons. The summed E-state index contributed by atoms with van der Waals surface area (Å²) in [7, 11) is 0. The van der Waals surface area contributed by atoms with Crippen LogP contribution in [0.2, 0.25) is 5.02 Å². The number of ether oxygens (including phenoxy) is 1. The Morgan fingerprint density at radius 1 is 1.16 bits per heavy atom. The van der Waals surface area contributed by atoms with E-state index < -0.39 is 6.10 Å². The molecule has 0 bridgehead atoms. The number of nitrogens with zero attached hydrogens (tertiary/aromatic N) is 2. The van der Waals surface area contributed by atoms with Gasteiger partial charge in [0.15, 0.2) is 0 Å². The highest BCUT2D eigenvalue weighted by atomic mass is 35.5. The average Bonchev–Trinajstić information content (AvgIpc) is 3.06. The molecular weight excluding hydrogens is 480 g/mol. The Kier molecular flexibility index (Phi) is 7.52. The number of fused-ring (bicyclic) bond motifs is 2. The number of hydrogen-bond donors (Lipinski definition) is 1. The molecule has 1 aromatic heterocycles. The molecule has 1 N–H and O–H groups in total. The van der Waals surface area contributed by atoms with E-state index in [1.807, 2.05) is 38.2 Å². The van der Waals surface area contributed by atoms with Gasteiger partial charge in [0.05, 0.1) is 11.8 Å². The van der Waals surface area contributed by atoms with E-state index in [9.17, 15) is 5.11 Å². The molecule has 0 spiro atoms. The van der Waals surface area contributed by atoms with Crippen LogP contribution in [-0.2, 0) is 12.0 Å². The van der Waals surface area contributed by atoms with Gasteiger partial charge in [-0.15, -0.1) is 0 Å². The van der Waals surface area contributed by atoms with Crippen LogP contribution in [0, 0.1) is 0 Å². The normalized spacial score (nSPS) is 18.9. The molecule has 0 aliphatic carbocycles. The van der Waals surface area contributed by atoms with Crippen LogP contribution in [-0.4, -0.2) is 40.7 Å². The predicted octanol–water partition coefficient (Wildman–Crippen LogP) is 6.90. The lowest BCUT2D eigenvalue weighted by Gasteiger charge is -2.44. The van der Waals surface area contributed by atoms with Gasteiger partial charge in [0.25, 0.3) is 0 Å². The topological polar surface area (TPSA) is 45.6 Å². The van der Waals surface area contributed by atoms with Crippen LogP contribution in [0.4, 0.5) is 0 Å². The number of pyridine rings is 1. The minimum absolute atomic E-state index is 0.222. The lowest BCUT2D eigenvalue weighted by Crippen LogP contribution is -2.48. The Hall–Kier alpha value is -2.92. The predicted molar refractivity (Wildman–Crippen MR) is 152 cm³/mol. The average molecular weight is 515 g/mol. The quantitative estimate of drug-likeness (QED) is 0.388. The summed E-state index contributed by atoms with van der Waals surface area (Å²) in [5, 5.41) is 11.5. The zero-order valence-electron chi connectivity index (χ0n) is 21.7. The molecule has 2 aromatic carbocycles. The zero-order chi connectivity index (χ0) is 26.0. The Balaban J connectivity index is 1.35. The second kappa shape index (κ2) is 10.8. The summed E-state index contributed by atoms with van der Waals surface area (Å²) in [4.78, 5) is 7.12. The van der Waals surface area contributed by atoms with Gasteiger partial charge in [-0.05, 0) is 93.2 Å². The van der Waals surface area contributed by atoms with Gasteiger partial charge in [-0.25, -0.2) is 0 Å². The van der Waals surface area contributed by atoms with Crippen molar-refractivity contribution in [1.82, 2.24) is 9.88 Å². The highest BCUT2D eigenvalue weighted by Crippen LogP contribution is 2.40. The number of likely N-dealkylation sites (tertiary alicyclic amines) is 1. The fourth-order valence-corrected chi connectivity index (χ4v) is 5.86.